The predicted molar refractivity (Wildman–Crippen MR) is 100 cm³/mol. The van der Waals surface area contributed by atoms with Crippen LogP contribution in [0.4, 0.5) is 5.69 Å². The summed E-state index contributed by atoms with van der Waals surface area (Å²) in [5.74, 6) is 0.309. The zero-order chi connectivity index (χ0) is 18.4. The van der Waals surface area contributed by atoms with E-state index in [4.69, 9.17) is 4.74 Å². The van der Waals surface area contributed by atoms with Gasteiger partial charge in [0.2, 0.25) is 5.91 Å². The van der Waals surface area contributed by atoms with Crippen molar-refractivity contribution in [2.75, 3.05) is 12.4 Å². The molecule has 132 valence electrons. The summed E-state index contributed by atoms with van der Waals surface area (Å²) >= 11 is 0. The Labute approximate surface area is 149 Å². The molecule has 0 fully saturated rings. The Balaban J connectivity index is 2.03. The van der Waals surface area contributed by atoms with Gasteiger partial charge in [-0.2, -0.15) is 0 Å². The number of hydrogen-bond donors (Lipinski definition) is 1. The van der Waals surface area contributed by atoms with Crippen molar-refractivity contribution >= 4 is 17.4 Å². The molecule has 0 atom stereocenters. The van der Waals surface area contributed by atoms with Crippen molar-refractivity contribution in [3.63, 3.8) is 0 Å². The second-order valence-corrected chi connectivity index (χ2v) is 6.14. The van der Waals surface area contributed by atoms with Crippen molar-refractivity contribution in [2.45, 2.75) is 40.0 Å². The Morgan fingerprint density at radius 1 is 1.08 bits per heavy atom. The maximum Gasteiger partial charge on any atom is 0.224 e. The fraction of sp³-hybridized carbons (Fsp3) is 0.333. The summed E-state index contributed by atoms with van der Waals surface area (Å²) in [5, 5.41) is 2.95. The average Bonchev–Trinajstić information content (AvgIpc) is 2.61. The van der Waals surface area contributed by atoms with E-state index in [9.17, 15) is 9.59 Å². The number of hydrogen-bond acceptors (Lipinski definition) is 3. The number of methoxy groups -OCH3 is 1. The molecule has 1 N–H and O–H groups in total. The van der Waals surface area contributed by atoms with E-state index in [1.807, 2.05) is 38.1 Å². The second kappa shape index (κ2) is 8.47. The van der Waals surface area contributed by atoms with Crippen molar-refractivity contribution in [3.05, 3.63) is 58.7 Å². The van der Waals surface area contributed by atoms with E-state index in [1.165, 1.54) is 0 Å². The molecule has 4 nitrogen and oxygen atoms in total. The molecule has 0 heterocycles. The number of Topliss-reactive ketones (excluding diaryl/α,β-unsaturated/α-hetero) is 1. The zero-order valence-corrected chi connectivity index (χ0v) is 15.3. The summed E-state index contributed by atoms with van der Waals surface area (Å²) < 4.78 is 5.25. The highest BCUT2D eigenvalue weighted by Gasteiger charge is 2.15. The number of nitrogens with one attached hydrogen (secondary N) is 1. The fourth-order valence-corrected chi connectivity index (χ4v) is 2.81. The third kappa shape index (κ3) is 4.69. The van der Waals surface area contributed by atoms with Gasteiger partial charge >= 0.3 is 0 Å². The smallest absolute Gasteiger partial charge is 0.224 e. The largest absolute Gasteiger partial charge is 0.496 e. The Morgan fingerprint density at radius 2 is 1.84 bits per heavy atom. The minimum absolute atomic E-state index is 0.0869. The van der Waals surface area contributed by atoms with Crippen LogP contribution in [0.5, 0.6) is 5.75 Å². The van der Waals surface area contributed by atoms with Gasteiger partial charge in [0.25, 0.3) is 0 Å². The summed E-state index contributed by atoms with van der Waals surface area (Å²) in [6.45, 7) is 5.95. The number of aryl methyl sites for hydroxylation is 3. The van der Waals surface area contributed by atoms with Crippen molar-refractivity contribution in [3.8, 4) is 5.75 Å². The van der Waals surface area contributed by atoms with Gasteiger partial charge in [-0.25, -0.2) is 0 Å². The van der Waals surface area contributed by atoms with Crippen molar-refractivity contribution in [1.29, 1.82) is 0 Å². The van der Waals surface area contributed by atoms with Crippen LogP contribution in [0.15, 0.2) is 36.4 Å². The van der Waals surface area contributed by atoms with Crippen LogP contribution < -0.4 is 10.1 Å². The Morgan fingerprint density at radius 3 is 2.52 bits per heavy atom. The SMILES string of the molecule is CCc1cccc(C)c1NC(=O)CCC(=O)c1cc(C)ccc1OC. The molecule has 0 aliphatic heterocycles. The van der Waals surface area contributed by atoms with E-state index in [-0.39, 0.29) is 24.5 Å². The highest BCUT2D eigenvalue weighted by molar-refractivity contribution is 6.02. The number of carbonyl (C=O) groups excluding carboxylic acids is 2. The van der Waals surface area contributed by atoms with Gasteiger partial charge in [-0.3, -0.25) is 9.59 Å². The Kier molecular flexibility index (Phi) is 6.34. The highest BCUT2D eigenvalue weighted by Crippen LogP contribution is 2.23. The topological polar surface area (TPSA) is 55.4 Å². The molecule has 1 amide bonds. The molecular weight excluding hydrogens is 314 g/mol. The highest BCUT2D eigenvalue weighted by atomic mass is 16.5. The number of benzene rings is 2. The summed E-state index contributed by atoms with van der Waals surface area (Å²) in [4.78, 5) is 24.8. The quantitative estimate of drug-likeness (QED) is 0.757. The minimum Gasteiger partial charge on any atom is -0.496 e. The zero-order valence-electron chi connectivity index (χ0n) is 15.3. The summed E-state index contributed by atoms with van der Waals surface area (Å²) in [6, 6.07) is 11.4. The molecule has 2 aromatic carbocycles. The molecule has 0 aliphatic carbocycles. The van der Waals surface area contributed by atoms with Crippen molar-refractivity contribution < 1.29 is 14.3 Å². The van der Waals surface area contributed by atoms with Crippen LogP contribution in [-0.4, -0.2) is 18.8 Å². The summed E-state index contributed by atoms with van der Waals surface area (Å²) in [7, 11) is 1.54. The lowest BCUT2D eigenvalue weighted by Gasteiger charge is -2.13. The van der Waals surface area contributed by atoms with Crippen molar-refractivity contribution in [1.82, 2.24) is 0 Å². The van der Waals surface area contributed by atoms with Gasteiger partial charge in [-0.15, -0.1) is 0 Å². The van der Waals surface area contributed by atoms with Crippen LogP contribution in [0.25, 0.3) is 0 Å². The first-order valence-corrected chi connectivity index (χ1v) is 8.52. The molecule has 2 aromatic rings. The summed E-state index contributed by atoms with van der Waals surface area (Å²) in [6.07, 6.45) is 1.14. The predicted octanol–water partition coefficient (Wildman–Crippen LogP) is 4.48. The number of amides is 1. The molecule has 25 heavy (non-hydrogen) atoms. The van der Waals surface area contributed by atoms with Gasteiger partial charge in [0.05, 0.1) is 12.7 Å². The van der Waals surface area contributed by atoms with Crippen LogP contribution in [0, 0.1) is 13.8 Å². The van der Waals surface area contributed by atoms with Crippen LogP contribution in [0.2, 0.25) is 0 Å². The normalized spacial score (nSPS) is 10.4. The first kappa shape index (κ1) is 18.7. The minimum atomic E-state index is -0.149. The van der Waals surface area contributed by atoms with Gasteiger partial charge in [0.1, 0.15) is 5.75 Å². The lowest BCUT2D eigenvalue weighted by Crippen LogP contribution is -2.15. The van der Waals surface area contributed by atoms with Gasteiger partial charge in [0, 0.05) is 18.5 Å². The van der Waals surface area contributed by atoms with Gasteiger partial charge in [0.15, 0.2) is 5.78 Å². The van der Waals surface area contributed by atoms with E-state index >= 15 is 0 Å². The number of ether oxygens (including phenoxy) is 1. The Hall–Kier alpha value is -2.62. The van der Waals surface area contributed by atoms with Crippen LogP contribution in [-0.2, 0) is 11.2 Å². The first-order valence-electron chi connectivity index (χ1n) is 8.52. The maximum absolute atomic E-state index is 12.5. The van der Waals surface area contributed by atoms with E-state index in [2.05, 4.69) is 12.2 Å². The fourth-order valence-electron chi connectivity index (χ4n) is 2.81. The number of carbonyl (C=O) groups is 2. The molecule has 4 heteroatoms. The number of para-hydroxylation sites is 1. The molecule has 0 saturated carbocycles. The number of rotatable bonds is 7. The summed E-state index contributed by atoms with van der Waals surface area (Å²) in [5.41, 5.74) is 4.50. The maximum atomic E-state index is 12.5. The van der Waals surface area contributed by atoms with Crippen LogP contribution >= 0.6 is 0 Å². The van der Waals surface area contributed by atoms with E-state index in [1.54, 1.807) is 19.2 Å². The van der Waals surface area contributed by atoms with Crippen molar-refractivity contribution in [2.24, 2.45) is 0 Å². The monoisotopic (exact) mass is 339 g/mol. The standard InChI is InChI=1S/C21H25NO3/c1-5-16-8-6-7-15(3)21(16)22-20(24)12-10-18(23)17-13-14(2)9-11-19(17)25-4/h6-9,11,13H,5,10,12H2,1-4H3,(H,22,24). The molecule has 0 radical (unpaired) electrons. The number of ketones is 1. The molecule has 0 spiro atoms. The van der Waals surface area contributed by atoms with E-state index in [0.29, 0.717) is 11.3 Å². The molecule has 0 saturated heterocycles. The third-order valence-electron chi connectivity index (χ3n) is 4.24. The molecule has 0 aliphatic rings. The van der Waals surface area contributed by atoms with Crippen LogP contribution in [0.1, 0.15) is 46.8 Å². The first-order chi connectivity index (χ1) is 12.0. The lowest BCUT2D eigenvalue weighted by atomic mass is 10.0. The molecular formula is C21H25NO3. The lowest BCUT2D eigenvalue weighted by molar-refractivity contribution is -0.116. The van der Waals surface area contributed by atoms with E-state index in [0.717, 1.165) is 28.8 Å². The number of anilines is 1. The Bertz CT molecular complexity index is 781. The molecule has 2 rings (SSSR count). The van der Waals surface area contributed by atoms with E-state index < -0.39 is 0 Å². The average molecular weight is 339 g/mol. The van der Waals surface area contributed by atoms with Crippen LogP contribution in [0.3, 0.4) is 0 Å². The van der Waals surface area contributed by atoms with Gasteiger partial charge in [-0.05, 0) is 43.5 Å². The van der Waals surface area contributed by atoms with Gasteiger partial charge < -0.3 is 10.1 Å². The second-order valence-electron chi connectivity index (χ2n) is 6.14. The third-order valence-corrected chi connectivity index (χ3v) is 4.24. The molecule has 0 bridgehead atoms. The molecule has 0 unspecified atom stereocenters. The molecule has 0 aromatic heterocycles. The van der Waals surface area contributed by atoms with Gasteiger partial charge in [-0.1, -0.05) is 36.8 Å².